The number of carbonyl (C=O) groups excluding carboxylic acids is 1. The van der Waals surface area contributed by atoms with E-state index in [1.165, 1.54) is 20.0 Å². The van der Waals surface area contributed by atoms with Gasteiger partial charge in [0.25, 0.3) is 0 Å². The molecule has 0 N–H and O–H groups in total. The van der Waals surface area contributed by atoms with Crippen LogP contribution in [-0.2, 0) is 9.53 Å². The fourth-order valence-electron chi connectivity index (χ4n) is 0.905. The van der Waals surface area contributed by atoms with Gasteiger partial charge in [-0.05, 0) is 25.2 Å². The molecule has 0 unspecified atom stereocenters. The summed E-state index contributed by atoms with van der Waals surface area (Å²) in [6.45, 7) is 0. The van der Waals surface area contributed by atoms with Crippen molar-refractivity contribution in [2.24, 2.45) is 5.92 Å². The van der Waals surface area contributed by atoms with Gasteiger partial charge in [0.2, 0.25) is 0 Å². The third-order valence-electron chi connectivity index (χ3n) is 1.85. The zero-order chi connectivity index (χ0) is 8.10. The largest absolute Gasteiger partial charge is 0.469 e. The van der Waals surface area contributed by atoms with Gasteiger partial charge >= 0.3 is 5.97 Å². The minimum atomic E-state index is -0.156. The third-order valence-corrected chi connectivity index (χ3v) is 1.85. The first-order chi connectivity index (χ1) is 5.33. The Labute approximate surface area is 67.2 Å². The Bertz CT molecular complexity index is 157. The highest BCUT2D eigenvalue weighted by Crippen LogP contribution is 2.32. The highest BCUT2D eigenvalue weighted by molar-refractivity contribution is 5.70. The van der Waals surface area contributed by atoms with Gasteiger partial charge in [-0.15, -0.1) is 0 Å². The second-order valence-electron chi connectivity index (χ2n) is 2.93. The number of rotatable bonds is 4. The highest BCUT2D eigenvalue weighted by Gasteiger charge is 2.18. The van der Waals surface area contributed by atoms with Gasteiger partial charge in [-0.3, -0.25) is 4.79 Å². The first kappa shape index (κ1) is 8.31. The van der Waals surface area contributed by atoms with Crippen LogP contribution in [0.15, 0.2) is 12.2 Å². The predicted octanol–water partition coefficient (Wildman–Crippen LogP) is 1.91. The molecule has 1 saturated carbocycles. The van der Waals surface area contributed by atoms with E-state index in [0.717, 1.165) is 12.3 Å². The molecule has 2 heteroatoms. The summed E-state index contributed by atoms with van der Waals surface area (Å²) in [5.41, 5.74) is 0. The van der Waals surface area contributed by atoms with Crippen molar-refractivity contribution in [3.63, 3.8) is 0 Å². The Morgan fingerprint density at radius 3 is 2.82 bits per heavy atom. The summed E-state index contributed by atoms with van der Waals surface area (Å²) in [5.74, 6) is 0.751. The molecule has 0 saturated heterocycles. The van der Waals surface area contributed by atoms with Crippen molar-refractivity contribution < 1.29 is 9.53 Å². The second kappa shape index (κ2) is 4.16. The lowest BCUT2D eigenvalue weighted by Crippen LogP contribution is -1.96. The van der Waals surface area contributed by atoms with Crippen LogP contribution in [0.25, 0.3) is 0 Å². The molecule has 0 aromatic carbocycles. The maximum atomic E-state index is 10.6. The van der Waals surface area contributed by atoms with Gasteiger partial charge in [0.1, 0.15) is 0 Å². The summed E-state index contributed by atoms with van der Waals surface area (Å²) < 4.78 is 4.48. The fourth-order valence-corrected chi connectivity index (χ4v) is 0.905. The van der Waals surface area contributed by atoms with Crippen LogP contribution in [-0.4, -0.2) is 13.1 Å². The molecule has 1 aliphatic rings. The fraction of sp³-hybridized carbons (Fsp3) is 0.667. The van der Waals surface area contributed by atoms with Crippen molar-refractivity contribution in [3.8, 4) is 0 Å². The average Bonchev–Trinajstić information content (AvgIpc) is 2.81. The zero-order valence-corrected chi connectivity index (χ0v) is 6.88. The van der Waals surface area contributed by atoms with E-state index >= 15 is 0 Å². The number of methoxy groups -OCH3 is 1. The van der Waals surface area contributed by atoms with E-state index in [4.69, 9.17) is 0 Å². The molecule has 11 heavy (non-hydrogen) atoms. The smallest absolute Gasteiger partial charge is 0.309 e. The molecule has 0 bridgehead atoms. The molecule has 0 aliphatic heterocycles. The van der Waals surface area contributed by atoms with Crippen LogP contribution in [0.2, 0.25) is 0 Å². The van der Waals surface area contributed by atoms with Crippen molar-refractivity contribution in [1.29, 1.82) is 0 Å². The number of allylic oxidation sites excluding steroid dienone is 1. The predicted molar refractivity (Wildman–Crippen MR) is 43.1 cm³/mol. The van der Waals surface area contributed by atoms with Crippen molar-refractivity contribution in [1.82, 2.24) is 0 Å². The quantitative estimate of drug-likeness (QED) is 0.456. The molecule has 62 valence electrons. The van der Waals surface area contributed by atoms with Crippen molar-refractivity contribution in [2.75, 3.05) is 7.11 Å². The molecule has 0 spiro atoms. The lowest BCUT2D eigenvalue weighted by Gasteiger charge is -1.91. The van der Waals surface area contributed by atoms with E-state index < -0.39 is 0 Å². The molecule has 0 aromatic heterocycles. The molecule has 0 heterocycles. The molecule has 1 aliphatic carbocycles. The van der Waals surface area contributed by atoms with Gasteiger partial charge in [-0.2, -0.15) is 0 Å². The van der Waals surface area contributed by atoms with Crippen LogP contribution in [0.5, 0.6) is 0 Å². The summed E-state index contributed by atoms with van der Waals surface area (Å²) in [4.78, 5) is 10.6. The monoisotopic (exact) mass is 154 g/mol. The van der Waals surface area contributed by atoms with E-state index in [0.29, 0.717) is 6.42 Å². The first-order valence-electron chi connectivity index (χ1n) is 4.04. The summed E-state index contributed by atoms with van der Waals surface area (Å²) in [5, 5.41) is 0. The van der Waals surface area contributed by atoms with Crippen LogP contribution < -0.4 is 0 Å². The Kier molecular flexibility index (Phi) is 3.14. The molecule has 0 atom stereocenters. The van der Waals surface area contributed by atoms with Gasteiger partial charge in [-0.1, -0.05) is 12.2 Å². The maximum Gasteiger partial charge on any atom is 0.309 e. The van der Waals surface area contributed by atoms with Gasteiger partial charge in [0.05, 0.1) is 13.5 Å². The Hall–Kier alpha value is -0.790. The van der Waals surface area contributed by atoms with E-state index in [1.54, 1.807) is 0 Å². The van der Waals surface area contributed by atoms with Crippen molar-refractivity contribution >= 4 is 5.97 Å². The average molecular weight is 154 g/mol. The molecule has 1 fully saturated rings. The molecular weight excluding hydrogens is 140 g/mol. The van der Waals surface area contributed by atoms with Gasteiger partial charge in [0.15, 0.2) is 0 Å². The van der Waals surface area contributed by atoms with Crippen LogP contribution >= 0.6 is 0 Å². The summed E-state index contributed by atoms with van der Waals surface area (Å²) in [6.07, 6.45) is 8.25. The molecule has 0 amide bonds. The number of carbonyl (C=O) groups is 1. The minimum Gasteiger partial charge on any atom is -0.469 e. The zero-order valence-electron chi connectivity index (χ0n) is 6.88. The van der Waals surface area contributed by atoms with Gasteiger partial charge in [0, 0.05) is 0 Å². The molecule has 0 aromatic rings. The molecule has 2 nitrogen and oxygen atoms in total. The van der Waals surface area contributed by atoms with E-state index in [1.807, 2.05) is 6.08 Å². The number of ether oxygens (including phenoxy) is 1. The number of esters is 1. The Morgan fingerprint density at radius 2 is 2.27 bits per heavy atom. The Morgan fingerprint density at radius 1 is 1.55 bits per heavy atom. The van der Waals surface area contributed by atoms with Crippen LogP contribution in [0.1, 0.15) is 25.7 Å². The number of hydrogen-bond acceptors (Lipinski definition) is 2. The second-order valence-corrected chi connectivity index (χ2v) is 2.93. The third kappa shape index (κ3) is 3.81. The van der Waals surface area contributed by atoms with Crippen LogP contribution in [0.3, 0.4) is 0 Å². The summed E-state index contributed by atoms with van der Waals surface area (Å²) in [6, 6.07) is 0. The van der Waals surface area contributed by atoms with Gasteiger partial charge < -0.3 is 4.74 Å². The van der Waals surface area contributed by atoms with E-state index in [2.05, 4.69) is 10.8 Å². The SMILES string of the molecule is COC(=O)CC=CCC1CC1. The molecule has 0 radical (unpaired) electrons. The topological polar surface area (TPSA) is 26.3 Å². The highest BCUT2D eigenvalue weighted by atomic mass is 16.5. The lowest BCUT2D eigenvalue weighted by molar-refractivity contribution is -0.139. The van der Waals surface area contributed by atoms with E-state index in [9.17, 15) is 4.79 Å². The minimum absolute atomic E-state index is 0.156. The normalized spacial score (nSPS) is 17.2. The van der Waals surface area contributed by atoms with E-state index in [-0.39, 0.29) is 5.97 Å². The van der Waals surface area contributed by atoms with Gasteiger partial charge in [-0.25, -0.2) is 0 Å². The van der Waals surface area contributed by atoms with Crippen LogP contribution in [0.4, 0.5) is 0 Å². The van der Waals surface area contributed by atoms with Crippen molar-refractivity contribution in [2.45, 2.75) is 25.7 Å². The number of hydrogen-bond donors (Lipinski definition) is 0. The summed E-state index contributed by atoms with van der Waals surface area (Å²) >= 11 is 0. The van der Waals surface area contributed by atoms with Crippen molar-refractivity contribution in [3.05, 3.63) is 12.2 Å². The Balaban J connectivity index is 1.99. The first-order valence-corrected chi connectivity index (χ1v) is 4.04. The standard InChI is InChI=1S/C9H14O2/c1-11-9(10)5-3-2-4-8-6-7-8/h2-3,8H,4-7H2,1H3. The molecular formula is C9H14O2. The summed E-state index contributed by atoms with van der Waals surface area (Å²) in [7, 11) is 1.41. The molecule has 1 rings (SSSR count). The van der Waals surface area contributed by atoms with Crippen LogP contribution in [0, 0.1) is 5.92 Å². The maximum absolute atomic E-state index is 10.6. The lowest BCUT2D eigenvalue weighted by atomic mass is 10.2.